The van der Waals surface area contributed by atoms with Gasteiger partial charge in [-0.05, 0) is 36.9 Å². The first-order valence-corrected chi connectivity index (χ1v) is 6.29. The van der Waals surface area contributed by atoms with Crippen LogP contribution < -0.4 is 5.32 Å². The number of hydrogen-bond acceptors (Lipinski definition) is 2. The van der Waals surface area contributed by atoms with Crippen molar-refractivity contribution >= 4 is 0 Å². The number of pyridine rings is 1. The fourth-order valence-electron chi connectivity index (χ4n) is 2.82. The van der Waals surface area contributed by atoms with Crippen LogP contribution in [0.5, 0.6) is 0 Å². The zero-order valence-corrected chi connectivity index (χ0v) is 10.9. The molecule has 0 spiro atoms. The summed E-state index contributed by atoms with van der Waals surface area (Å²) in [6.07, 6.45) is 2.19. The van der Waals surface area contributed by atoms with Crippen molar-refractivity contribution in [1.29, 1.82) is 0 Å². The van der Waals surface area contributed by atoms with E-state index < -0.39 is 0 Å². The normalized spacial score (nSPS) is 25.9. The molecule has 1 N–H and O–H groups in total. The summed E-state index contributed by atoms with van der Waals surface area (Å²) >= 11 is 0. The molecule has 3 heteroatoms. The summed E-state index contributed by atoms with van der Waals surface area (Å²) < 4.78 is 13.3. The lowest BCUT2D eigenvalue weighted by molar-refractivity contribution is 0.134. The Morgan fingerprint density at radius 2 is 2.12 bits per heavy atom. The van der Waals surface area contributed by atoms with E-state index >= 15 is 0 Å². The third-order valence-corrected chi connectivity index (χ3v) is 4.02. The predicted octanol–water partition coefficient (Wildman–Crippen LogP) is 2.89. The van der Waals surface area contributed by atoms with Gasteiger partial charge in [0.2, 0.25) is 5.95 Å². The number of nitrogens with one attached hydrogen (secondary N) is 1. The van der Waals surface area contributed by atoms with Crippen LogP contribution in [0.2, 0.25) is 0 Å². The monoisotopic (exact) mass is 236 g/mol. The minimum Gasteiger partial charge on any atom is -0.316 e. The highest BCUT2D eigenvalue weighted by atomic mass is 19.1. The van der Waals surface area contributed by atoms with Crippen molar-refractivity contribution in [3.63, 3.8) is 0 Å². The summed E-state index contributed by atoms with van der Waals surface area (Å²) in [6.45, 7) is 8.58. The molecule has 2 rings (SSSR count). The average Bonchev–Trinajstić information content (AvgIpc) is 2.28. The van der Waals surface area contributed by atoms with Crippen LogP contribution in [-0.4, -0.2) is 18.1 Å². The summed E-state index contributed by atoms with van der Waals surface area (Å²) in [7, 11) is 0. The van der Waals surface area contributed by atoms with Crippen LogP contribution >= 0.6 is 0 Å². The molecule has 0 aliphatic carbocycles. The van der Waals surface area contributed by atoms with E-state index in [-0.39, 0.29) is 16.8 Å². The Hall–Kier alpha value is -0.960. The van der Waals surface area contributed by atoms with Crippen LogP contribution in [0, 0.1) is 11.4 Å². The number of hydrogen-bond donors (Lipinski definition) is 1. The van der Waals surface area contributed by atoms with Gasteiger partial charge >= 0.3 is 0 Å². The topological polar surface area (TPSA) is 24.9 Å². The third-order valence-electron chi connectivity index (χ3n) is 4.02. The van der Waals surface area contributed by atoms with Gasteiger partial charge in [0.1, 0.15) is 0 Å². The number of piperidine rings is 1. The lowest BCUT2D eigenvalue weighted by Crippen LogP contribution is -2.52. The number of halogens is 1. The summed E-state index contributed by atoms with van der Waals surface area (Å²) in [5.41, 5.74) is 0.895. The second-order valence-electron chi connectivity index (χ2n) is 5.96. The van der Waals surface area contributed by atoms with Gasteiger partial charge in [0.15, 0.2) is 0 Å². The van der Waals surface area contributed by atoms with E-state index in [4.69, 9.17) is 0 Å². The number of aromatic nitrogens is 1. The van der Waals surface area contributed by atoms with E-state index in [1.807, 2.05) is 6.07 Å². The van der Waals surface area contributed by atoms with E-state index in [0.717, 1.165) is 31.6 Å². The maximum Gasteiger partial charge on any atom is 0.213 e. The van der Waals surface area contributed by atoms with Crippen molar-refractivity contribution in [2.45, 2.75) is 39.0 Å². The molecule has 0 bridgehead atoms. The standard InChI is InChI=1S/C14H21FN2/c1-13(2,3)14(8-5-9-16-10-14)11-6-4-7-12(15)17-11/h4,6-7,16H,5,8-10H2,1-3H3. The van der Waals surface area contributed by atoms with Crippen LogP contribution in [0.4, 0.5) is 4.39 Å². The van der Waals surface area contributed by atoms with Gasteiger partial charge in [-0.3, -0.25) is 0 Å². The zero-order valence-electron chi connectivity index (χ0n) is 10.9. The molecule has 1 aromatic heterocycles. The molecule has 0 amide bonds. The van der Waals surface area contributed by atoms with Crippen LogP contribution in [0.3, 0.4) is 0 Å². The smallest absolute Gasteiger partial charge is 0.213 e. The summed E-state index contributed by atoms with van der Waals surface area (Å²) in [5, 5.41) is 3.44. The second-order valence-corrected chi connectivity index (χ2v) is 5.96. The maximum absolute atomic E-state index is 13.3. The molecule has 0 saturated carbocycles. The molecular weight excluding hydrogens is 215 g/mol. The van der Waals surface area contributed by atoms with Crippen molar-refractivity contribution in [2.24, 2.45) is 5.41 Å². The minimum atomic E-state index is -0.378. The molecule has 0 aromatic carbocycles. The van der Waals surface area contributed by atoms with Gasteiger partial charge < -0.3 is 5.32 Å². The minimum absolute atomic E-state index is 0.0622. The van der Waals surface area contributed by atoms with Crippen LogP contribution in [-0.2, 0) is 5.41 Å². The number of rotatable bonds is 1. The van der Waals surface area contributed by atoms with Gasteiger partial charge in [-0.25, -0.2) is 4.98 Å². The largest absolute Gasteiger partial charge is 0.316 e. The first-order chi connectivity index (χ1) is 7.96. The van der Waals surface area contributed by atoms with Gasteiger partial charge in [-0.1, -0.05) is 26.8 Å². The molecule has 1 aliphatic heterocycles. The third kappa shape index (κ3) is 2.21. The Balaban J connectivity index is 2.46. The van der Waals surface area contributed by atoms with E-state index in [9.17, 15) is 4.39 Å². The molecule has 94 valence electrons. The quantitative estimate of drug-likeness (QED) is 0.758. The van der Waals surface area contributed by atoms with Crippen LogP contribution in [0.15, 0.2) is 18.2 Å². The highest BCUT2D eigenvalue weighted by Crippen LogP contribution is 2.45. The maximum atomic E-state index is 13.3. The lowest BCUT2D eigenvalue weighted by atomic mass is 9.61. The van der Waals surface area contributed by atoms with Crippen molar-refractivity contribution in [2.75, 3.05) is 13.1 Å². The Labute approximate surface area is 103 Å². The predicted molar refractivity (Wildman–Crippen MR) is 67.4 cm³/mol. The average molecular weight is 236 g/mol. The zero-order chi connectivity index (χ0) is 12.5. The van der Waals surface area contributed by atoms with E-state index in [0.29, 0.717) is 0 Å². The summed E-state index contributed by atoms with van der Waals surface area (Å²) in [6, 6.07) is 5.14. The molecular formula is C14H21FN2. The van der Waals surface area contributed by atoms with Gasteiger partial charge in [0.05, 0.1) is 5.69 Å². The van der Waals surface area contributed by atoms with E-state index in [1.54, 1.807) is 6.07 Å². The Bertz CT molecular complexity index is 389. The van der Waals surface area contributed by atoms with Crippen LogP contribution in [0.1, 0.15) is 39.3 Å². The van der Waals surface area contributed by atoms with E-state index in [2.05, 4.69) is 31.1 Å². The SMILES string of the molecule is CC(C)(C)C1(c2cccc(F)n2)CCCNC1. The van der Waals surface area contributed by atoms with Gasteiger partial charge in [0, 0.05) is 12.0 Å². The van der Waals surface area contributed by atoms with Crippen molar-refractivity contribution in [1.82, 2.24) is 10.3 Å². The molecule has 1 aromatic rings. The van der Waals surface area contributed by atoms with Crippen molar-refractivity contribution in [3.8, 4) is 0 Å². The molecule has 2 heterocycles. The fourth-order valence-corrected chi connectivity index (χ4v) is 2.82. The van der Waals surface area contributed by atoms with Crippen molar-refractivity contribution < 1.29 is 4.39 Å². The molecule has 17 heavy (non-hydrogen) atoms. The first-order valence-electron chi connectivity index (χ1n) is 6.29. The van der Waals surface area contributed by atoms with Crippen LogP contribution in [0.25, 0.3) is 0 Å². The Morgan fingerprint density at radius 3 is 2.65 bits per heavy atom. The van der Waals surface area contributed by atoms with Crippen molar-refractivity contribution in [3.05, 3.63) is 29.8 Å². The number of nitrogens with zero attached hydrogens (tertiary/aromatic N) is 1. The fraction of sp³-hybridized carbons (Fsp3) is 0.643. The highest BCUT2D eigenvalue weighted by Gasteiger charge is 2.45. The van der Waals surface area contributed by atoms with Gasteiger partial charge in [0.25, 0.3) is 0 Å². The Kier molecular flexibility index (Phi) is 3.21. The van der Waals surface area contributed by atoms with Gasteiger partial charge in [-0.2, -0.15) is 4.39 Å². The molecule has 1 fully saturated rings. The Morgan fingerprint density at radius 1 is 1.35 bits per heavy atom. The first kappa shape index (κ1) is 12.5. The summed E-state index contributed by atoms with van der Waals surface area (Å²) in [4.78, 5) is 4.13. The van der Waals surface area contributed by atoms with Gasteiger partial charge in [-0.15, -0.1) is 0 Å². The molecule has 1 saturated heterocycles. The summed E-state index contributed by atoms with van der Waals surface area (Å²) in [5.74, 6) is -0.378. The molecule has 0 radical (unpaired) electrons. The highest BCUT2D eigenvalue weighted by molar-refractivity contribution is 5.23. The van der Waals surface area contributed by atoms with E-state index in [1.165, 1.54) is 6.07 Å². The molecule has 1 aliphatic rings. The molecule has 1 atom stereocenters. The molecule has 1 unspecified atom stereocenters. The lowest BCUT2D eigenvalue weighted by Gasteiger charge is -2.47. The molecule has 2 nitrogen and oxygen atoms in total. The second kappa shape index (κ2) is 4.37.